The molecule has 0 aliphatic heterocycles. The minimum atomic E-state index is -0.515. The van der Waals surface area contributed by atoms with Gasteiger partial charge in [0.25, 0.3) is 0 Å². The molecule has 0 saturated heterocycles. The molecule has 4 rings (SSSR count). The van der Waals surface area contributed by atoms with Gasteiger partial charge in [-0.25, -0.2) is 14.4 Å². The molecule has 2 heterocycles. The van der Waals surface area contributed by atoms with E-state index in [9.17, 15) is 4.39 Å². The van der Waals surface area contributed by atoms with Gasteiger partial charge < -0.3 is 10.6 Å². The highest BCUT2D eigenvalue weighted by Gasteiger charge is 2.27. The average Bonchev–Trinajstić information content (AvgIpc) is 3.07. The molecule has 1 fully saturated rings. The fraction of sp³-hybridized carbons (Fsp3) is 0.389. The van der Waals surface area contributed by atoms with Gasteiger partial charge >= 0.3 is 0 Å². The molecule has 1 aliphatic carbocycles. The number of nitrogens with one attached hydrogen (secondary N) is 1. The molecular formula is C18H20ClFN6. The van der Waals surface area contributed by atoms with Crippen molar-refractivity contribution in [3.63, 3.8) is 0 Å². The highest BCUT2D eigenvalue weighted by Crippen LogP contribution is 2.31. The maximum absolute atomic E-state index is 14.3. The largest absolute Gasteiger partial charge is 0.354 e. The summed E-state index contributed by atoms with van der Waals surface area (Å²) in [6.45, 7) is 0. The number of anilines is 1. The summed E-state index contributed by atoms with van der Waals surface area (Å²) in [4.78, 5) is 11.2. The third kappa shape index (κ3) is 2.91. The Morgan fingerprint density at radius 3 is 2.92 bits per heavy atom. The summed E-state index contributed by atoms with van der Waals surface area (Å²) in [7, 11) is 1.99. The standard InChI is InChI=1S/C18H20ClFN6/c1-26(13-8-3-2-7-12(13)21)14-9-22-17-16(24-25-18(17)23-14)10-5-4-6-11(19)15(10)20/h4-6,9,12-13H,2-3,7-8,21H2,1H3,(H,23,24,25)/t12-,13-/m1/s1. The molecule has 3 aromatic rings. The van der Waals surface area contributed by atoms with E-state index in [0.29, 0.717) is 22.4 Å². The predicted octanol–water partition coefficient (Wildman–Crippen LogP) is 3.52. The number of aromatic nitrogens is 4. The summed E-state index contributed by atoms with van der Waals surface area (Å²) < 4.78 is 14.3. The average molecular weight is 375 g/mol. The van der Waals surface area contributed by atoms with Gasteiger partial charge in [-0.15, -0.1) is 0 Å². The molecule has 0 unspecified atom stereocenters. The Hall–Kier alpha value is -2.25. The van der Waals surface area contributed by atoms with Gasteiger partial charge in [0.15, 0.2) is 11.5 Å². The van der Waals surface area contributed by atoms with E-state index in [-0.39, 0.29) is 17.1 Å². The van der Waals surface area contributed by atoms with E-state index in [4.69, 9.17) is 17.3 Å². The van der Waals surface area contributed by atoms with Crippen LogP contribution in [0.25, 0.3) is 22.4 Å². The summed E-state index contributed by atoms with van der Waals surface area (Å²) in [6, 6.07) is 5.18. The topological polar surface area (TPSA) is 83.7 Å². The number of fused-ring (bicyclic) bond motifs is 1. The predicted molar refractivity (Wildman–Crippen MR) is 101 cm³/mol. The summed E-state index contributed by atoms with van der Waals surface area (Å²) in [6.07, 6.45) is 6.09. The second kappa shape index (κ2) is 6.81. The van der Waals surface area contributed by atoms with Crippen molar-refractivity contribution in [2.45, 2.75) is 37.8 Å². The number of hydrogen-bond acceptors (Lipinski definition) is 5. The van der Waals surface area contributed by atoms with Crippen LogP contribution in [-0.4, -0.2) is 39.3 Å². The molecule has 3 N–H and O–H groups in total. The SMILES string of the molecule is CN(c1cnc2c(-c3cccc(Cl)c3F)n[nH]c2n1)[C@@H]1CCCC[C@H]1N. The van der Waals surface area contributed by atoms with Crippen LogP contribution >= 0.6 is 11.6 Å². The maximum Gasteiger partial charge on any atom is 0.177 e. The molecule has 0 radical (unpaired) electrons. The number of rotatable bonds is 3. The summed E-state index contributed by atoms with van der Waals surface area (Å²) in [5.74, 6) is 0.209. The van der Waals surface area contributed by atoms with Crippen molar-refractivity contribution >= 4 is 28.6 Å². The lowest BCUT2D eigenvalue weighted by Gasteiger charge is -2.36. The highest BCUT2D eigenvalue weighted by atomic mass is 35.5. The van der Waals surface area contributed by atoms with Crippen molar-refractivity contribution in [2.24, 2.45) is 5.73 Å². The number of halogens is 2. The first-order valence-electron chi connectivity index (χ1n) is 8.70. The summed E-state index contributed by atoms with van der Waals surface area (Å²) in [5.41, 5.74) is 7.99. The van der Waals surface area contributed by atoms with Gasteiger partial charge in [0.2, 0.25) is 0 Å². The maximum atomic E-state index is 14.3. The number of likely N-dealkylation sites (N-methyl/N-ethyl adjacent to an activating group) is 1. The van der Waals surface area contributed by atoms with Crippen LogP contribution in [-0.2, 0) is 0 Å². The van der Waals surface area contributed by atoms with Crippen LogP contribution in [0.15, 0.2) is 24.4 Å². The number of benzene rings is 1. The molecule has 1 saturated carbocycles. The van der Waals surface area contributed by atoms with Crippen molar-refractivity contribution in [3.8, 4) is 11.3 Å². The molecule has 8 heteroatoms. The first-order chi connectivity index (χ1) is 12.6. The van der Waals surface area contributed by atoms with Gasteiger partial charge in [-0.05, 0) is 25.0 Å². The van der Waals surface area contributed by atoms with E-state index in [2.05, 4.69) is 25.1 Å². The molecule has 2 aromatic heterocycles. The molecule has 0 spiro atoms. The number of nitrogens with zero attached hydrogens (tertiary/aromatic N) is 4. The van der Waals surface area contributed by atoms with E-state index >= 15 is 0 Å². The normalized spacial score (nSPS) is 20.5. The van der Waals surface area contributed by atoms with Crippen molar-refractivity contribution in [3.05, 3.63) is 35.2 Å². The van der Waals surface area contributed by atoms with Gasteiger partial charge in [-0.2, -0.15) is 5.10 Å². The minimum absolute atomic E-state index is 0.0502. The Balaban J connectivity index is 1.70. The van der Waals surface area contributed by atoms with E-state index in [1.165, 1.54) is 18.9 Å². The quantitative estimate of drug-likeness (QED) is 0.732. The molecule has 2 atom stereocenters. The zero-order valence-electron chi connectivity index (χ0n) is 14.4. The van der Waals surface area contributed by atoms with Crippen molar-refractivity contribution in [2.75, 3.05) is 11.9 Å². The fourth-order valence-electron chi connectivity index (χ4n) is 3.63. The van der Waals surface area contributed by atoms with Crippen LogP contribution in [0, 0.1) is 5.82 Å². The molecule has 0 amide bonds. The second-order valence-corrected chi connectivity index (χ2v) is 7.13. The van der Waals surface area contributed by atoms with Crippen molar-refractivity contribution < 1.29 is 4.39 Å². The van der Waals surface area contributed by atoms with E-state index in [1.54, 1.807) is 18.3 Å². The van der Waals surface area contributed by atoms with E-state index < -0.39 is 5.82 Å². The van der Waals surface area contributed by atoms with Crippen LogP contribution in [0.4, 0.5) is 10.2 Å². The van der Waals surface area contributed by atoms with Gasteiger partial charge in [0.05, 0.1) is 11.2 Å². The van der Waals surface area contributed by atoms with Crippen molar-refractivity contribution in [1.29, 1.82) is 0 Å². The highest BCUT2D eigenvalue weighted by molar-refractivity contribution is 6.31. The lowest BCUT2D eigenvalue weighted by atomic mass is 9.90. The fourth-order valence-corrected chi connectivity index (χ4v) is 3.80. The number of aromatic amines is 1. The molecule has 1 aromatic carbocycles. The van der Waals surface area contributed by atoms with E-state index in [1.807, 2.05) is 7.05 Å². The van der Waals surface area contributed by atoms with Gasteiger partial charge in [-0.1, -0.05) is 30.5 Å². The Labute approximate surface area is 155 Å². The zero-order chi connectivity index (χ0) is 18.3. The number of hydrogen-bond donors (Lipinski definition) is 2. The van der Waals surface area contributed by atoms with Crippen LogP contribution in [0.5, 0.6) is 0 Å². The molecule has 0 bridgehead atoms. The molecular weight excluding hydrogens is 355 g/mol. The van der Waals surface area contributed by atoms with Crippen molar-refractivity contribution in [1.82, 2.24) is 20.2 Å². The monoisotopic (exact) mass is 374 g/mol. The third-order valence-corrected chi connectivity index (χ3v) is 5.40. The lowest BCUT2D eigenvalue weighted by molar-refractivity contribution is 0.372. The summed E-state index contributed by atoms with van der Waals surface area (Å²) in [5, 5.41) is 7.11. The third-order valence-electron chi connectivity index (χ3n) is 5.10. The second-order valence-electron chi connectivity index (χ2n) is 6.73. The molecule has 1 aliphatic rings. The summed E-state index contributed by atoms with van der Waals surface area (Å²) >= 11 is 5.88. The van der Waals surface area contributed by atoms with Crippen LogP contribution < -0.4 is 10.6 Å². The van der Waals surface area contributed by atoms with Gasteiger partial charge in [-0.3, -0.25) is 5.10 Å². The Bertz CT molecular complexity index is 943. The van der Waals surface area contributed by atoms with Crippen LogP contribution in [0.2, 0.25) is 5.02 Å². The first kappa shape index (κ1) is 17.2. The van der Waals surface area contributed by atoms with E-state index in [0.717, 1.165) is 18.7 Å². The Morgan fingerprint density at radius 1 is 1.31 bits per heavy atom. The molecule has 6 nitrogen and oxygen atoms in total. The minimum Gasteiger partial charge on any atom is -0.354 e. The van der Waals surface area contributed by atoms with Crippen LogP contribution in [0.3, 0.4) is 0 Å². The van der Waals surface area contributed by atoms with Crippen LogP contribution in [0.1, 0.15) is 25.7 Å². The first-order valence-corrected chi connectivity index (χ1v) is 9.08. The smallest absolute Gasteiger partial charge is 0.177 e. The molecule has 26 heavy (non-hydrogen) atoms. The molecule has 136 valence electrons. The van der Waals surface area contributed by atoms with Gasteiger partial charge in [0.1, 0.15) is 17.0 Å². The van der Waals surface area contributed by atoms with Gasteiger partial charge in [0, 0.05) is 24.7 Å². The Kier molecular flexibility index (Phi) is 4.50. The Morgan fingerprint density at radius 2 is 2.12 bits per heavy atom. The number of nitrogens with two attached hydrogens (primary N) is 1. The number of H-pyrrole nitrogens is 1. The lowest BCUT2D eigenvalue weighted by Crippen LogP contribution is -2.48. The zero-order valence-corrected chi connectivity index (χ0v) is 15.2.